The van der Waals surface area contributed by atoms with Crippen LogP contribution >= 0.6 is 0 Å². The van der Waals surface area contributed by atoms with Crippen LogP contribution in [0.5, 0.6) is 0 Å². The van der Waals surface area contributed by atoms with E-state index in [9.17, 15) is 4.79 Å². The van der Waals surface area contributed by atoms with Crippen LogP contribution in [0.1, 0.15) is 30.1 Å². The van der Waals surface area contributed by atoms with Gasteiger partial charge < -0.3 is 15.3 Å². The van der Waals surface area contributed by atoms with E-state index in [1.54, 1.807) is 0 Å². The van der Waals surface area contributed by atoms with Crippen molar-refractivity contribution in [1.82, 2.24) is 4.90 Å². The highest BCUT2D eigenvalue weighted by atomic mass is 16.3. The number of nitrogens with one attached hydrogen (secondary N) is 1. The number of benzene rings is 1. The highest BCUT2D eigenvalue weighted by molar-refractivity contribution is 5.99. The third-order valence-corrected chi connectivity index (χ3v) is 3.55. The van der Waals surface area contributed by atoms with E-state index in [0.29, 0.717) is 6.54 Å². The minimum Gasteiger partial charge on any atom is -0.396 e. The van der Waals surface area contributed by atoms with Gasteiger partial charge in [-0.3, -0.25) is 4.79 Å². The third kappa shape index (κ3) is 3.26. The number of hydrogen-bond acceptors (Lipinski definition) is 3. The first-order valence-electron chi connectivity index (χ1n) is 6.99. The van der Waals surface area contributed by atoms with Crippen molar-refractivity contribution in [1.29, 1.82) is 0 Å². The fourth-order valence-electron chi connectivity index (χ4n) is 2.42. The van der Waals surface area contributed by atoms with Crippen molar-refractivity contribution in [2.45, 2.75) is 19.8 Å². The van der Waals surface area contributed by atoms with Crippen molar-refractivity contribution in [3.63, 3.8) is 0 Å². The van der Waals surface area contributed by atoms with Gasteiger partial charge in [0, 0.05) is 37.8 Å². The Kier molecular flexibility index (Phi) is 4.80. The summed E-state index contributed by atoms with van der Waals surface area (Å²) in [5.41, 5.74) is 1.64. The molecule has 0 spiro atoms. The number of aliphatic hydroxyl groups excluding tert-OH is 1. The number of anilines is 1. The molecule has 1 unspecified atom stereocenters. The quantitative estimate of drug-likeness (QED) is 0.853. The smallest absolute Gasteiger partial charge is 0.255 e. The Morgan fingerprint density at radius 2 is 2.26 bits per heavy atom. The number of nitrogens with zero attached hydrogens (tertiary/aromatic N) is 1. The van der Waals surface area contributed by atoms with Gasteiger partial charge in [-0.15, -0.1) is 0 Å². The molecule has 1 saturated heterocycles. The summed E-state index contributed by atoms with van der Waals surface area (Å²) in [6, 6.07) is 7.65. The second-order valence-electron chi connectivity index (χ2n) is 5.06. The molecular formula is C15H22N2O2. The zero-order chi connectivity index (χ0) is 13.7. The highest BCUT2D eigenvalue weighted by Crippen LogP contribution is 2.22. The topological polar surface area (TPSA) is 52.6 Å². The van der Waals surface area contributed by atoms with Crippen LogP contribution in [0.3, 0.4) is 0 Å². The Labute approximate surface area is 114 Å². The summed E-state index contributed by atoms with van der Waals surface area (Å²) in [7, 11) is 0. The van der Waals surface area contributed by atoms with Crippen LogP contribution in [0.4, 0.5) is 5.69 Å². The van der Waals surface area contributed by atoms with Gasteiger partial charge in [-0.25, -0.2) is 0 Å². The second kappa shape index (κ2) is 6.57. The van der Waals surface area contributed by atoms with Gasteiger partial charge in [0.25, 0.3) is 5.91 Å². The molecule has 0 aromatic heterocycles. The number of amides is 1. The number of hydrogen-bond donors (Lipinski definition) is 2. The fourth-order valence-corrected chi connectivity index (χ4v) is 2.42. The Morgan fingerprint density at radius 3 is 2.95 bits per heavy atom. The van der Waals surface area contributed by atoms with E-state index in [1.807, 2.05) is 29.2 Å². The van der Waals surface area contributed by atoms with Crippen LogP contribution < -0.4 is 5.32 Å². The summed E-state index contributed by atoms with van der Waals surface area (Å²) in [6.07, 6.45) is 1.92. The van der Waals surface area contributed by atoms with Crippen LogP contribution in [0.2, 0.25) is 0 Å². The molecule has 1 aliphatic heterocycles. The monoisotopic (exact) mass is 262 g/mol. The number of rotatable bonds is 5. The number of aliphatic hydroxyl groups is 1. The molecule has 1 heterocycles. The van der Waals surface area contributed by atoms with Crippen molar-refractivity contribution in [3.05, 3.63) is 29.8 Å². The summed E-state index contributed by atoms with van der Waals surface area (Å²) in [5, 5.41) is 12.5. The lowest BCUT2D eigenvalue weighted by molar-refractivity contribution is 0.0783. The summed E-state index contributed by atoms with van der Waals surface area (Å²) in [4.78, 5) is 14.3. The molecule has 0 bridgehead atoms. The molecule has 2 rings (SSSR count). The van der Waals surface area contributed by atoms with E-state index in [-0.39, 0.29) is 18.4 Å². The van der Waals surface area contributed by atoms with Crippen LogP contribution in [0.15, 0.2) is 24.3 Å². The maximum Gasteiger partial charge on any atom is 0.255 e. The molecule has 1 aliphatic rings. The average Bonchev–Trinajstić information content (AvgIpc) is 2.93. The lowest BCUT2D eigenvalue weighted by atomic mass is 10.1. The number of carbonyl (C=O) groups excluding carboxylic acids is 1. The Hall–Kier alpha value is -1.55. The highest BCUT2D eigenvalue weighted by Gasteiger charge is 2.27. The van der Waals surface area contributed by atoms with Crippen molar-refractivity contribution in [2.75, 3.05) is 31.6 Å². The minimum atomic E-state index is 0.0650. The molecular weight excluding hydrogens is 240 g/mol. The molecule has 1 aromatic rings. The lowest BCUT2D eigenvalue weighted by Crippen LogP contribution is -2.29. The van der Waals surface area contributed by atoms with Crippen molar-refractivity contribution in [2.24, 2.45) is 5.92 Å². The van der Waals surface area contributed by atoms with Crippen molar-refractivity contribution in [3.8, 4) is 0 Å². The molecule has 4 heteroatoms. The minimum absolute atomic E-state index is 0.0650. The molecule has 4 nitrogen and oxygen atoms in total. The maximum atomic E-state index is 12.5. The van der Waals surface area contributed by atoms with E-state index < -0.39 is 0 Å². The zero-order valence-corrected chi connectivity index (χ0v) is 11.4. The SMILES string of the molecule is CCCNc1ccccc1C(=O)N1CCC(CO)C1. The molecule has 1 fully saturated rings. The van der Waals surface area contributed by atoms with E-state index >= 15 is 0 Å². The lowest BCUT2D eigenvalue weighted by Gasteiger charge is -2.18. The van der Waals surface area contributed by atoms with Gasteiger partial charge in [0.15, 0.2) is 0 Å². The summed E-state index contributed by atoms with van der Waals surface area (Å²) in [6.45, 7) is 4.54. The Bertz CT molecular complexity index is 434. The predicted octanol–water partition coefficient (Wildman–Crippen LogP) is 1.96. The van der Waals surface area contributed by atoms with Crippen molar-refractivity contribution < 1.29 is 9.90 Å². The molecule has 0 saturated carbocycles. The molecule has 0 radical (unpaired) electrons. The zero-order valence-electron chi connectivity index (χ0n) is 11.4. The summed E-state index contributed by atoms with van der Waals surface area (Å²) in [5.74, 6) is 0.301. The van der Waals surface area contributed by atoms with E-state index in [2.05, 4.69) is 12.2 Å². The molecule has 19 heavy (non-hydrogen) atoms. The van der Waals surface area contributed by atoms with Gasteiger partial charge in [-0.2, -0.15) is 0 Å². The van der Waals surface area contributed by atoms with Gasteiger partial charge in [-0.1, -0.05) is 19.1 Å². The molecule has 1 aromatic carbocycles. The van der Waals surface area contributed by atoms with Gasteiger partial charge in [0.2, 0.25) is 0 Å². The standard InChI is InChI=1S/C15H22N2O2/c1-2-8-16-14-6-4-3-5-13(14)15(19)17-9-7-12(10-17)11-18/h3-6,12,16,18H,2,7-11H2,1H3. The second-order valence-corrected chi connectivity index (χ2v) is 5.06. The van der Waals surface area contributed by atoms with Gasteiger partial charge in [0.1, 0.15) is 0 Å². The van der Waals surface area contributed by atoms with Crippen LogP contribution in [-0.4, -0.2) is 42.2 Å². The van der Waals surface area contributed by atoms with Crippen LogP contribution in [-0.2, 0) is 0 Å². The van der Waals surface area contributed by atoms with Crippen molar-refractivity contribution >= 4 is 11.6 Å². The first-order chi connectivity index (χ1) is 9.26. The number of likely N-dealkylation sites (tertiary alicyclic amines) is 1. The maximum absolute atomic E-state index is 12.5. The van der Waals surface area contributed by atoms with Crippen LogP contribution in [0, 0.1) is 5.92 Å². The Balaban J connectivity index is 2.10. The summed E-state index contributed by atoms with van der Waals surface area (Å²) >= 11 is 0. The van der Waals surface area contributed by atoms with E-state index in [1.165, 1.54) is 0 Å². The van der Waals surface area contributed by atoms with E-state index in [4.69, 9.17) is 5.11 Å². The summed E-state index contributed by atoms with van der Waals surface area (Å²) < 4.78 is 0. The van der Waals surface area contributed by atoms with Crippen LogP contribution in [0.25, 0.3) is 0 Å². The molecule has 2 N–H and O–H groups in total. The largest absolute Gasteiger partial charge is 0.396 e. The first kappa shape index (κ1) is 13.9. The normalized spacial score (nSPS) is 18.6. The average molecular weight is 262 g/mol. The molecule has 1 amide bonds. The molecule has 0 aliphatic carbocycles. The Morgan fingerprint density at radius 1 is 1.47 bits per heavy atom. The molecule has 1 atom stereocenters. The predicted molar refractivity (Wildman–Crippen MR) is 76.3 cm³/mol. The number of carbonyl (C=O) groups is 1. The first-order valence-corrected chi connectivity index (χ1v) is 6.99. The molecule has 104 valence electrons. The number of para-hydroxylation sites is 1. The van der Waals surface area contributed by atoms with Gasteiger partial charge in [0.05, 0.1) is 5.56 Å². The third-order valence-electron chi connectivity index (χ3n) is 3.55. The van der Waals surface area contributed by atoms with Gasteiger partial charge in [-0.05, 0) is 25.0 Å². The van der Waals surface area contributed by atoms with Gasteiger partial charge >= 0.3 is 0 Å². The fraction of sp³-hybridized carbons (Fsp3) is 0.533. The van der Waals surface area contributed by atoms with E-state index in [0.717, 1.165) is 37.2 Å².